The first-order valence-electron chi connectivity index (χ1n) is 5.53. The van der Waals surface area contributed by atoms with Crippen molar-refractivity contribution < 1.29 is 9.13 Å². The van der Waals surface area contributed by atoms with Crippen LogP contribution in [0.4, 0.5) is 4.39 Å². The number of hydrogen-bond donors (Lipinski definition) is 1. The second-order valence-electron chi connectivity index (χ2n) is 4.87. The Bertz CT molecular complexity index is 316. The first-order chi connectivity index (χ1) is 7.42. The van der Waals surface area contributed by atoms with Crippen molar-refractivity contribution in [1.82, 2.24) is 0 Å². The first kappa shape index (κ1) is 13.0. The topological polar surface area (TPSA) is 35.2 Å². The zero-order valence-electron chi connectivity index (χ0n) is 10.2. The summed E-state index contributed by atoms with van der Waals surface area (Å²) in [5.41, 5.74) is 6.54. The Morgan fingerprint density at radius 2 is 1.81 bits per heavy atom. The molecule has 1 aromatic rings. The number of alkyl halides is 1. The van der Waals surface area contributed by atoms with Crippen molar-refractivity contribution >= 4 is 0 Å². The molecule has 2 N–H and O–H groups in total. The van der Waals surface area contributed by atoms with Gasteiger partial charge in [-0.05, 0) is 44.9 Å². The number of ether oxygens (including phenoxy) is 1. The summed E-state index contributed by atoms with van der Waals surface area (Å²) >= 11 is 0. The smallest absolute Gasteiger partial charge is 0.120 e. The van der Waals surface area contributed by atoms with E-state index < -0.39 is 0 Å². The average molecular weight is 225 g/mol. The molecule has 0 saturated carbocycles. The zero-order valence-corrected chi connectivity index (χ0v) is 10.2. The van der Waals surface area contributed by atoms with Crippen molar-refractivity contribution in [1.29, 1.82) is 0 Å². The van der Waals surface area contributed by atoms with E-state index in [0.29, 0.717) is 6.42 Å². The van der Waals surface area contributed by atoms with E-state index in [0.717, 1.165) is 11.3 Å². The largest absolute Gasteiger partial charge is 0.488 e. The van der Waals surface area contributed by atoms with Crippen LogP contribution in [0.15, 0.2) is 24.3 Å². The van der Waals surface area contributed by atoms with Gasteiger partial charge in [0.15, 0.2) is 0 Å². The minimum absolute atomic E-state index is 0.206. The van der Waals surface area contributed by atoms with Gasteiger partial charge in [0, 0.05) is 6.04 Å². The molecule has 0 bridgehead atoms. The van der Waals surface area contributed by atoms with Crippen molar-refractivity contribution in [3.63, 3.8) is 0 Å². The quantitative estimate of drug-likeness (QED) is 0.853. The molecule has 0 spiro atoms. The van der Waals surface area contributed by atoms with Gasteiger partial charge in [-0.2, -0.15) is 0 Å². The minimum Gasteiger partial charge on any atom is -0.488 e. The lowest BCUT2D eigenvalue weighted by Crippen LogP contribution is -2.22. The van der Waals surface area contributed by atoms with Crippen molar-refractivity contribution in [2.24, 2.45) is 5.73 Å². The van der Waals surface area contributed by atoms with Crippen molar-refractivity contribution in [2.75, 3.05) is 6.67 Å². The van der Waals surface area contributed by atoms with Crippen molar-refractivity contribution in [2.45, 2.75) is 38.8 Å². The van der Waals surface area contributed by atoms with Crippen LogP contribution in [0.2, 0.25) is 0 Å². The van der Waals surface area contributed by atoms with E-state index in [4.69, 9.17) is 10.5 Å². The molecule has 1 aromatic carbocycles. The van der Waals surface area contributed by atoms with Gasteiger partial charge in [0.2, 0.25) is 0 Å². The molecule has 0 heterocycles. The maximum Gasteiger partial charge on any atom is 0.120 e. The van der Waals surface area contributed by atoms with Crippen LogP contribution in [0.1, 0.15) is 38.8 Å². The molecule has 0 amide bonds. The van der Waals surface area contributed by atoms with Gasteiger partial charge in [-0.3, -0.25) is 4.39 Å². The van der Waals surface area contributed by atoms with Gasteiger partial charge in [-0.15, -0.1) is 0 Å². The number of nitrogens with two attached hydrogens (primary N) is 1. The monoisotopic (exact) mass is 225 g/mol. The SMILES string of the molecule is CC(C)(C)Oc1ccc([C@H](N)CCF)cc1. The van der Waals surface area contributed by atoms with Gasteiger partial charge >= 0.3 is 0 Å². The van der Waals surface area contributed by atoms with Crippen molar-refractivity contribution in [3.8, 4) is 5.75 Å². The van der Waals surface area contributed by atoms with Crippen LogP contribution in [-0.2, 0) is 0 Å². The molecule has 2 nitrogen and oxygen atoms in total. The summed E-state index contributed by atoms with van der Waals surface area (Å²) in [6.45, 7) is 5.60. The molecule has 0 aromatic heterocycles. The molecule has 0 radical (unpaired) electrons. The van der Waals surface area contributed by atoms with Gasteiger partial charge in [0.25, 0.3) is 0 Å². The molecular formula is C13H20FNO. The van der Waals surface area contributed by atoms with Crippen LogP contribution in [0.3, 0.4) is 0 Å². The van der Waals surface area contributed by atoms with Crippen LogP contribution in [0.25, 0.3) is 0 Å². The maximum absolute atomic E-state index is 12.1. The van der Waals surface area contributed by atoms with Crippen LogP contribution >= 0.6 is 0 Å². The van der Waals surface area contributed by atoms with Gasteiger partial charge in [0.1, 0.15) is 11.4 Å². The summed E-state index contributed by atoms with van der Waals surface area (Å²) in [5, 5.41) is 0. The van der Waals surface area contributed by atoms with Crippen LogP contribution in [0.5, 0.6) is 5.75 Å². The summed E-state index contributed by atoms with van der Waals surface area (Å²) in [6, 6.07) is 7.30. The molecule has 0 aliphatic rings. The predicted octanol–water partition coefficient (Wildman–Crippen LogP) is 3.22. The molecule has 3 heteroatoms. The fourth-order valence-electron chi connectivity index (χ4n) is 1.42. The highest BCUT2D eigenvalue weighted by molar-refractivity contribution is 5.29. The Kier molecular flexibility index (Phi) is 4.30. The molecule has 0 aliphatic carbocycles. The molecule has 0 unspecified atom stereocenters. The summed E-state index contributed by atoms with van der Waals surface area (Å²) < 4.78 is 17.8. The molecule has 0 aliphatic heterocycles. The molecule has 0 saturated heterocycles. The lowest BCUT2D eigenvalue weighted by molar-refractivity contribution is 0.131. The highest BCUT2D eigenvalue weighted by atomic mass is 19.1. The third kappa shape index (κ3) is 4.19. The van der Waals surface area contributed by atoms with Gasteiger partial charge < -0.3 is 10.5 Å². The molecule has 90 valence electrons. The normalized spacial score (nSPS) is 13.6. The zero-order chi connectivity index (χ0) is 12.2. The highest BCUT2D eigenvalue weighted by Gasteiger charge is 2.12. The Hall–Kier alpha value is -1.09. The van der Waals surface area contributed by atoms with E-state index >= 15 is 0 Å². The van der Waals surface area contributed by atoms with Gasteiger partial charge in [-0.25, -0.2) is 0 Å². The van der Waals surface area contributed by atoms with Crippen LogP contribution < -0.4 is 10.5 Å². The maximum atomic E-state index is 12.1. The number of benzene rings is 1. The number of hydrogen-bond acceptors (Lipinski definition) is 2. The Balaban J connectivity index is 2.68. The third-order valence-electron chi connectivity index (χ3n) is 2.15. The van der Waals surface area contributed by atoms with E-state index in [1.54, 1.807) is 0 Å². The first-order valence-corrected chi connectivity index (χ1v) is 5.53. The van der Waals surface area contributed by atoms with E-state index in [2.05, 4.69) is 0 Å². The lowest BCUT2D eigenvalue weighted by atomic mass is 10.1. The minimum atomic E-state index is -0.387. The average Bonchev–Trinajstić information content (AvgIpc) is 2.16. The van der Waals surface area contributed by atoms with Crippen LogP contribution in [-0.4, -0.2) is 12.3 Å². The highest BCUT2D eigenvalue weighted by Crippen LogP contribution is 2.21. The van der Waals surface area contributed by atoms with E-state index in [9.17, 15) is 4.39 Å². The van der Waals surface area contributed by atoms with E-state index in [-0.39, 0.29) is 18.3 Å². The van der Waals surface area contributed by atoms with Crippen LogP contribution in [0, 0.1) is 0 Å². The fourth-order valence-corrected chi connectivity index (χ4v) is 1.42. The molecular weight excluding hydrogens is 205 g/mol. The number of rotatable bonds is 4. The standard InChI is InChI=1S/C13H20FNO/c1-13(2,3)16-11-6-4-10(5-7-11)12(15)8-9-14/h4-7,12H,8-9,15H2,1-3H3/t12-/m1/s1. The van der Waals surface area contributed by atoms with E-state index in [1.807, 2.05) is 45.0 Å². The van der Waals surface area contributed by atoms with E-state index in [1.165, 1.54) is 0 Å². The summed E-state index contributed by atoms with van der Waals surface area (Å²) in [5.74, 6) is 0.809. The Morgan fingerprint density at radius 1 is 1.25 bits per heavy atom. The molecule has 1 rings (SSSR count). The second kappa shape index (κ2) is 5.30. The van der Waals surface area contributed by atoms with Gasteiger partial charge in [-0.1, -0.05) is 12.1 Å². The molecule has 16 heavy (non-hydrogen) atoms. The predicted molar refractivity (Wildman–Crippen MR) is 64.3 cm³/mol. The molecule has 0 fully saturated rings. The lowest BCUT2D eigenvalue weighted by Gasteiger charge is -2.21. The van der Waals surface area contributed by atoms with Gasteiger partial charge in [0.05, 0.1) is 6.67 Å². The fraction of sp³-hybridized carbons (Fsp3) is 0.538. The Morgan fingerprint density at radius 3 is 2.25 bits per heavy atom. The summed E-state index contributed by atoms with van der Waals surface area (Å²) in [4.78, 5) is 0. The summed E-state index contributed by atoms with van der Waals surface area (Å²) in [6.07, 6.45) is 0.361. The number of halogens is 1. The molecule has 1 atom stereocenters. The second-order valence-corrected chi connectivity index (χ2v) is 4.87. The van der Waals surface area contributed by atoms with Crippen molar-refractivity contribution in [3.05, 3.63) is 29.8 Å². The summed E-state index contributed by atoms with van der Waals surface area (Å²) in [7, 11) is 0. The third-order valence-corrected chi connectivity index (χ3v) is 2.15. The Labute approximate surface area is 96.6 Å².